The van der Waals surface area contributed by atoms with Gasteiger partial charge >= 0.3 is 6.09 Å². The lowest BCUT2D eigenvalue weighted by Crippen LogP contribution is -2.38. The highest BCUT2D eigenvalue weighted by Gasteiger charge is 2.29. The maximum Gasteiger partial charge on any atom is 0.410 e. The summed E-state index contributed by atoms with van der Waals surface area (Å²) in [4.78, 5) is 19.2. The third kappa shape index (κ3) is 5.73. The number of rotatable bonds is 4. The van der Waals surface area contributed by atoms with Crippen molar-refractivity contribution in [1.82, 2.24) is 9.88 Å². The van der Waals surface area contributed by atoms with Gasteiger partial charge in [0.2, 0.25) is 0 Å². The second-order valence-corrected chi connectivity index (χ2v) is 9.74. The number of carbonyl (C=O) groups is 1. The van der Waals surface area contributed by atoms with Crippen molar-refractivity contribution >= 4 is 17.9 Å². The zero-order valence-electron chi connectivity index (χ0n) is 16.4. The van der Waals surface area contributed by atoms with Gasteiger partial charge in [-0.05, 0) is 36.5 Å². The molecule has 2 aromatic rings. The van der Waals surface area contributed by atoms with Crippen LogP contribution < -0.4 is 0 Å². The first kappa shape index (κ1) is 19.7. The number of piperidine rings is 1. The lowest BCUT2D eigenvalue weighted by molar-refractivity contribution is 0.0678. The van der Waals surface area contributed by atoms with Crippen molar-refractivity contribution in [2.75, 3.05) is 6.54 Å². The summed E-state index contributed by atoms with van der Waals surface area (Å²) >= 11 is 1.75. The molecule has 2 heterocycles. The molecule has 1 amide bonds. The average molecular weight is 385 g/mol. The molecule has 3 rings (SSSR count). The lowest BCUT2D eigenvalue weighted by atomic mass is 9.97. The van der Waals surface area contributed by atoms with Crippen LogP contribution in [0.2, 0.25) is 0 Å². The Hall–Kier alpha value is -2.01. The Morgan fingerprint density at radius 3 is 2.63 bits per heavy atom. The third-order valence-electron chi connectivity index (χ3n) is 4.50. The number of hydrogen-bond donors (Lipinski definition) is 0. The summed E-state index contributed by atoms with van der Waals surface area (Å²) in [5.41, 5.74) is 2.09. The first-order valence-electron chi connectivity index (χ1n) is 9.55. The van der Waals surface area contributed by atoms with Gasteiger partial charge in [-0.3, -0.25) is 0 Å². The summed E-state index contributed by atoms with van der Waals surface area (Å²) in [7, 11) is 0. The Kier molecular flexibility index (Phi) is 6.42. The van der Waals surface area contributed by atoms with E-state index >= 15 is 0 Å². The number of carbonyl (C=O) groups excluding carboxylic acids is 1. The molecular formula is C22H28N2O2S. The number of thioether (sulfide) groups is 1. The highest BCUT2D eigenvalue weighted by atomic mass is 32.2. The molecule has 0 N–H and O–H groups in total. The van der Waals surface area contributed by atoms with E-state index in [1.165, 1.54) is 0 Å². The van der Waals surface area contributed by atoms with Crippen molar-refractivity contribution in [1.29, 1.82) is 0 Å². The number of hydrogen-bond acceptors (Lipinski definition) is 4. The molecule has 0 bridgehead atoms. The molecule has 1 aliphatic heterocycles. The summed E-state index contributed by atoms with van der Waals surface area (Å²) in [5, 5.41) is 1.01. The van der Waals surface area contributed by atoms with Gasteiger partial charge < -0.3 is 9.64 Å². The van der Waals surface area contributed by atoms with E-state index in [2.05, 4.69) is 37.9 Å². The van der Waals surface area contributed by atoms with E-state index in [-0.39, 0.29) is 16.9 Å². The van der Waals surface area contributed by atoms with Crippen molar-refractivity contribution in [3.8, 4) is 0 Å². The number of benzene rings is 1. The minimum atomic E-state index is -0.239. The zero-order chi connectivity index (χ0) is 19.3. The summed E-state index contributed by atoms with van der Waals surface area (Å²) in [6.07, 6.45) is 4.76. The van der Waals surface area contributed by atoms with E-state index in [1.54, 1.807) is 11.8 Å². The van der Waals surface area contributed by atoms with Gasteiger partial charge in [-0.15, -0.1) is 11.8 Å². The number of ether oxygens (including phenoxy) is 1. The molecule has 0 radical (unpaired) electrons. The first-order valence-corrected chi connectivity index (χ1v) is 10.4. The van der Waals surface area contributed by atoms with Crippen LogP contribution in [0.25, 0.3) is 0 Å². The summed E-state index contributed by atoms with van der Waals surface area (Å²) in [5.74, 6) is 0. The predicted molar refractivity (Wildman–Crippen MR) is 110 cm³/mol. The highest BCUT2D eigenvalue weighted by Crippen LogP contribution is 2.34. The van der Waals surface area contributed by atoms with E-state index in [9.17, 15) is 4.79 Å². The Balaban J connectivity index is 1.66. The van der Waals surface area contributed by atoms with Crippen LogP contribution in [0.1, 0.15) is 57.2 Å². The second kappa shape index (κ2) is 8.79. The van der Waals surface area contributed by atoms with Gasteiger partial charge in [0.15, 0.2) is 0 Å². The van der Waals surface area contributed by atoms with Gasteiger partial charge in [0.1, 0.15) is 6.61 Å². The fourth-order valence-corrected chi connectivity index (χ4v) is 4.13. The molecule has 1 aliphatic rings. The normalized spacial score (nSPS) is 17.6. The van der Waals surface area contributed by atoms with Gasteiger partial charge in [0.05, 0.1) is 11.1 Å². The molecule has 27 heavy (non-hydrogen) atoms. The van der Waals surface area contributed by atoms with Crippen molar-refractivity contribution in [3.63, 3.8) is 0 Å². The fourth-order valence-electron chi connectivity index (χ4n) is 3.26. The van der Waals surface area contributed by atoms with E-state index in [0.29, 0.717) is 6.61 Å². The van der Waals surface area contributed by atoms with Gasteiger partial charge in [-0.2, -0.15) is 0 Å². The number of likely N-dealkylation sites (tertiary alicyclic amines) is 1. The molecule has 4 nitrogen and oxygen atoms in total. The molecule has 1 fully saturated rings. The average Bonchev–Trinajstić information content (AvgIpc) is 2.66. The van der Waals surface area contributed by atoms with Crippen LogP contribution in [0.3, 0.4) is 0 Å². The van der Waals surface area contributed by atoms with Crippen LogP contribution in [0.5, 0.6) is 0 Å². The number of aromatic nitrogens is 1. The Morgan fingerprint density at radius 2 is 1.96 bits per heavy atom. The fraction of sp³-hybridized carbons (Fsp3) is 0.455. The molecule has 1 unspecified atom stereocenters. The van der Waals surface area contributed by atoms with Crippen molar-refractivity contribution in [3.05, 3.63) is 59.8 Å². The Morgan fingerprint density at radius 1 is 1.19 bits per heavy atom. The van der Waals surface area contributed by atoms with Crippen molar-refractivity contribution in [2.45, 2.75) is 62.5 Å². The van der Waals surface area contributed by atoms with Crippen molar-refractivity contribution < 1.29 is 9.53 Å². The number of pyridine rings is 1. The summed E-state index contributed by atoms with van der Waals surface area (Å²) in [6.45, 7) is 7.58. The maximum absolute atomic E-state index is 12.7. The minimum Gasteiger partial charge on any atom is -0.445 e. The van der Waals surface area contributed by atoms with Gasteiger partial charge in [0.25, 0.3) is 0 Å². The van der Waals surface area contributed by atoms with Crippen molar-refractivity contribution in [2.24, 2.45) is 0 Å². The molecule has 0 aliphatic carbocycles. The zero-order valence-corrected chi connectivity index (χ0v) is 17.2. The molecule has 1 aromatic carbocycles. The molecule has 1 atom stereocenters. The molecule has 5 heteroatoms. The third-order valence-corrected chi connectivity index (χ3v) is 5.56. The molecule has 144 valence electrons. The topological polar surface area (TPSA) is 42.4 Å². The minimum absolute atomic E-state index is 0.0446. The summed E-state index contributed by atoms with van der Waals surface area (Å²) < 4.78 is 5.70. The van der Waals surface area contributed by atoms with E-state index < -0.39 is 0 Å². The SMILES string of the molecule is CC(C)(C)Sc1ccc(C2CCCCN2C(=O)OCc2ccccc2)cn1. The van der Waals surface area contributed by atoms with Crippen LogP contribution in [0, 0.1) is 0 Å². The number of amides is 1. The molecule has 0 saturated carbocycles. The predicted octanol–water partition coefficient (Wildman–Crippen LogP) is 5.84. The van der Waals surface area contributed by atoms with Crippen LogP contribution in [-0.2, 0) is 11.3 Å². The van der Waals surface area contributed by atoms with Crippen LogP contribution in [0.4, 0.5) is 4.79 Å². The highest BCUT2D eigenvalue weighted by molar-refractivity contribution is 8.00. The quantitative estimate of drug-likeness (QED) is 0.621. The van der Waals surface area contributed by atoms with Gasteiger partial charge in [0, 0.05) is 17.5 Å². The van der Waals surface area contributed by atoms with E-state index in [1.807, 2.05) is 41.4 Å². The van der Waals surface area contributed by atoms with Gasteiger partial charge in [-0.25, -0.2) is 9.78 Å². The molecular weight excluding hydrogens is 356 g/mol. The van der Waals surface area contributed by atoms with Crippen LogP contribution in [0.15, 0.2) is 53.7 Å². The maximum atomic E-state index is 12.7. The second-order valence-electron chi connectivity index (χ2n) is 7.89. The van der Waals surface area contributed by atoms with Gasteiger partial charge in [-0.1, -0.05) is 57.2 Å². The molecule has 1 saturated heterocycles. The Bertz CT molecular complexity index is 741. The first-order chi connectivity index (χ1) is 12.9. The molecule has 0 spiro atoms. The monoisotopic (exact) mass is 384 g/mol. The molecule has 1 aromatic heterocycles. The Labute approximate surface area is 166 Å². The van der Waals surface area contributed by atoms with E-state index in [4.69, 9.17) is 4.74 Å². The standard InChI is InChI=1S/C22H28N2O2S/c1-22(2,3)27-20-13-12-18(15-23-20)19-11-7-8-14-24(19)21(25)26-16-17-9-5-4-6-10-17/h4-6,9-10,12-13,15,19H,7-8,11,14,16H2,1-3H3. The summed E-state index contributed by atoms with van der Waals surface area (Å²) in [6, 6.07) is 14.0. The number of nitrogens with zero attached hydrogens (tertiary/aromatic N) is 2. The van der Waals surface area contributed by atoms with Crippen LogP contribution in [-0.4, -0.2) is 27.3 Å². The largest absolute Gasteiger partial charge is 0.445 e. The lowest BCUT2D eigenvalue weighted by Gasteiger charge is -2.35. The van der Waals surface area contributed by atoms with E-state index in [0.717, 1.165) is 42.0 Å². The van der Waals surface area contributed by atoms with Crippen LogP contribution >= 0.6 is 11.8 Å². The smallest absolute Gasteiger partial charge is 0.410 e.